The minimum Gasteiger partial charge on any atom is -0.493 e. The summed E-state index contributed by atoms with van der Waals surface area (Å²) >= 11 is 0. The summed E-state index contributed by atoms with van der Waals surface area (Å²) in [6, 6.07) is 9.20. The SMILES string of the molecule is COc1ccc(-c2cccc3c2COC3=O)c(OCC2(C(=O)OC3CCC3)CCC2)c1OC. The largest absolute Gasteiger partial charge is 0.493 e. The van der Waals surface area contributed by atoms with Crippen molar-refractivity contribution in [2.45, 2.75) is 51.2 Å². The number of ether oxygens (including phenoxy) is 5. The highest BCUT2D eigenvalue weighted by Crippen LogP contribution is 2.49. The fraction of sp³-hybridized carbons (Fsp3) is 0.462. The molecule has 7 nitrogen and oxygen atoms in total. The molecule has 2 aromatic rings. The molecular formula is C26H28O7. The zero-order chi connectivity index (χ0) is 23.0. The van der Waals surface area contributed by atoms with Crippen LogP contribution in [0.2, 0.25) is 0 Å². The van der Waals surface area contributed by atoms with Crippen molar-refractivity contribution < 1.29 is 33.3 Å². The minimum absolute atomic E-state index is 0.0429. The lowest BCUT2D eigenvalue weighted by Gasteiger charge is -2.41. The molecule has 5 rings (SSSR count). The van der Waals surface area contributed by atoms with E-state index in [-0.39, 0.29) is 31.3 Å². The smallest absolute Gasteiger partial charge is 0.338 e. The van der Waals surface area contributed by atoms with Gasteiger partial charge in [0.2, 0.25) is 5.75 Å². The second-order valence-corrected chi connectivity index (χ2v) is 8.97. The molecule has 0 unspecified atom stereocenters. The van der Waals surface area contributed by atoms with Gasteiger partial charge in [-0.25, -0.2) is 4.79 Å². The molecule has 2 fully saturated rings. The van der Waals surface area contributed by atoms with E-state index < -0.39 is 5.41 Å². The summed E-state index contributed by atoms with van der Waals surface area (Å²) < 4.78 is 28.5. The Kier molecular flexibility index (Phi) is 5.64. The van der Waals surface area contributed by atoms with E-state index >= 15 is 0 Å². The first-order valence-electron chi connectivity index (χ1n) is 11.4. The number of hydrogen-bond acceptors (Lipinski definition) is 7. The number of methoxy groups -OCH3 is 2. The Morgan fingerprint density at radius 3 is 2.42 bits per heavy atom. The minimum atomic E-state index is -0.640. The Hall–Kier alpha value is -3.22. The zero-order valence-corrected chi connectivity index (χ0v) is 19.0. The lowest BCUT2D eigenvalue weighted by atomic mass is 9.69. The molecule has 0 radical (unpaired) electrons. The third-order valence-electron chi connectivity index (χ3n) is 7.10. The van der Waals surface area contributed by atoms with Gasteiger partial charge in [0.25, 0.3) is 0 Å². The summed E-state index contributed by atoms with van der Waals surface area (Å²) in [4.78, 5) is 25.1. The van der Waals surface area contributed by atoms with Crippen molar-refractivity contribution in [3.8, 4) is 28.4 Å². The molecule has 2 aliphatic carbocycles. The van der Waals surface area contributed by atoms with Crippen LogP contribution in [-0.4, -0.2) is 38.9 Å². The van der Waals surface area contributed by atoms with Crippen LogP contribution in [0.3, 0.4) is 0 Å². The topological polar surface area (TPSA) is 80.3 Å². The number of hydrogen-bond donors (Lipinski definition) is 0. The van der Waals surface area contributed by atoms with Crippen molar-refractivity contribution >= 4 is 11.9 Å². The number of carbonyl (C=O) groups excluding carboxylic acids is 2. The van der Waals surface area contributed by atoms with Gasteiger partial charge in [-0.2, -0.15) is 0 Å². The zero-order valence-electron chi connectivity index (χ0n) is 19.0. The van der Waals surface area contributed by atoms with Crippen LogP contribution in [-0.2, 0) is 20.9 Å². The number of fused-ring (bicyclic) bond motifs is 1. The highest BCUT2D eigenvalue weighted by molar-refractivity contribution is 5.96. The van der Waals surface area contributed by atoms with Gasteiger partial charge in [-0.05, 0) is 55.9 Å². The number of cyclic esters (lactones) is 1. The fourth-order valence-electron chi connectivity index (χ4n) is 4.64. The molecule has 3 aliphatic rings. The molecule has 0 N–H and O–H groups in total. The van der Waals surface area contributed by atoms with E-state index in [1.807, 2.05) is 24.3 Å². The molecule has 0 atom stereocenters. The second-order valence-electron chi connectivity index (χ2n) is 8.97. The summed E-state index contributed by atoms with van der Waals surface area (Å²) in [5, 5.41) is 0. The lowest BCUT2D eigenvalue weighted by molar-refractivity contribution is -0.174. The van der Waals surface area contributed by atoms with Gasteiger partial charge >= 0.3 is 11.9 Å². The van der Waals surface area contributed by atoms with Crippen LogP contribution in [0.4, 0.5) is 0 Å². The van der Waals surface area contributed by atoms with Crippen molar-refractivity contribution in [3.05, 3.63) is 41.5 Å². The maximum absolute atomic E-state index is 13.0. The van der Waals surface area contributed by atoms with Gasteiger partial charge in [-0.15, -0.1) is 0 Å². The van der Waals surface area contributed by atoms with Crippen molar-refractivity contribution in [2.75, 3.05) is 20.8 Å². The maximum atomic E-state index is 13.0. The van der Waals surface area contributed by atoms with Crippen LogP contribution >= 0.6 is 0 Å². The van der Waals surface area contributed by atoms with Gasteiger partial charge in [-0.1, -0.05) is 18.6 Å². The average Bonchev–Trinajstić information content (AvgIpc) is 3.16. The first-order chi connectivity index (χ1) is 16.1. The van der Waals surface area contributed by atoms with Crippen LogP contribution in [0, 0.1) is 5.41 Å². The van der Waals surface area contributed by atoms with E-state index in [2.05, 4.69) is 0 Å². The molecule has 33 heavy (non-hydrogen) atoms. The van der Waals surface area contributed by atoms with Crippen molar-refractivity contribution in [2.24, 2.45) is 5.41 Å². The van der Waals surface area contributed by atoms with E-state index in [0.29, 0.717) is 22.8 Å². The Bertz CT molecular complexity index is 1080. The Labute approximate surface area is 192 Å². The van der Waals surface area contributed by atoms with E-state index in [1.54, 1.807) is 20.3 Å². The number of carbonyl (C=O) groups is 2. The Morgan fingerprint density at radius 1 is 1.00 bits per heavy atom. The first-order valence-corrected chi connectivity index (χ1v) is 11.4. The third kappa shape index (κ3) is 3.69. The molecule has 0 aromatic heterocycles. The van der Waals surface area contributed by atoms with Gasteiger partial charge in [0.1, 0.15) is 24.7 Å². The standard InChI is InChI=1S/C26H28O7/c1-29-21-11-10-18(17-8-4-9-19-20(17)14-31-24(19)27)22(23(21)30-2)32-15-26(12-5-13-26)25(28)33-16-6-3-7-16/h4,8-11,16H,3,5-7,12-15H2,1-2H3. The highest BCUT2D eigenvalue weighted by atomic mass is 16.6. The predicted molar refractivity (Wildman–Crippen MR) is 120 cm³/mol. The van der Waals surface area contributed by atoms with Crippen molar-refractivity contribution in [1.29, 1.82) is 0 Å². The monoisotopic (exact) mass is 452 g/mol. The summed E-state index contributed by atoms with van der Waals surface area (Å²) in [7, 11) is 3.12. The molecule has 7 heteroatoms. The van der Waals surface area contributed by atoms with Gasteiger partial charge in [0.15, 0.2) is 11.5 Å². The van der Waals surface area contributed by atoms with Gasteiger partial charge in [-0.3, -0.25) is 4.79 Å². The number of rotatable bonds is 8. The average molecular weight is 453 g/mol. The van der Waals surface area contributed by atoms with E-state index in [4.69, 9.17) is 23.7 Å². The van der Waals surface area contributed by atoms with Crippen LogP contribution < -0.4 is 14.2 Å². The van der Waals surface area contributed by atoms with E-state index in [1.165, 1.54) is 0 Å². The Morgan fingerprint density at radius 2 is 1.79 bits per heavy atom. The summed E-state index contributed by atoms with van der Waals surface area (Å²) in [6.45, 7) is 0.398. The number of esters is 2. The molecule has 0 amide bonds. The molecular weight excluding hydrogens is 424 g/mol. The van der Waals surface area contributed by atoms with Crippen molar-refractivity contribution in [3.63, 3.8) is 0 Å². The van der Waals surface area contributed by atoms with Crippen LogP contribution in [0.1, 0.15) is 54.4 Å². The summed E-state index contributed by atoms with van der Waals surface area (Å²) in [5.41, 5.74) is 2.30. The lowest BCUT2D eigenvalue weighted by Crippen LogP contribution is -2.46. The van der Waals surface area contributed by atoms with Gasteiger partial charge < -0.3 is 23.7 Å². The molecule has 2 aromatic carbocycles. The first kappa shape index (κ1) is 21.6. The molecule has 0 saturated heterocycles. The molecule has 0 spiro atoms. The molecule has 2 saturated carbocycles. The van der Waals surface area contributed by atoms with Crippen LogP contribution in [0.25, 0.3) is 11.1 Å². The van der Waals surface area contributed by atoms with Crippen molar-refractivity contribution in [1.82, 2.24) is 0 Å². The van der Waals surface area contributed by atoms with Crippen LogP contribution in [0.5, 0.6) is 17.2 Å². The molecule has 0 bridgehead atoms. The molecule has 1 aliphatic heterocycles. The number of benzene rings is 2. The highest BCUT2D eigenvalue weighted by Gasteiger charge is 2.48. The normalized spacial score (nSPS) is 18.4. The second kappa shape index (κ2) is 8.61. The maximum Gasteiger partial charge on any atom is 0.338 e. The summed E-state index contributed by atoms with van der Waals surface area (Å²) in [6.07, 6.45) is 5.48. The fourth-order valence-corrected chi connectivity index (χ4v) is 4.64. The Balaban J connectivity index is 1.50. The molecule has 1 heterocycles. The van der Waals surface area contributed by atoms with Gasteiger partial charge in [0.05, 0.1) is 19.8 Å². The summed E-state index contributed by atoms with van der Waals surface area (Å²) in [5.74, 6) is 0.950. The van der Waals surface area contributed by atoms with E-state index in [9.17, 15) is 9.59 Å². The third-order valence-corrected chi connectivity index (χ3v) is 7.10. The van der Waals surface area contributed by atoms with Crippen LogP contribution in [0.15, 0.2) is 30.3 Å². The van der Waals surface area contributed by atoms with E-state index in [0.717, 1.165) is 55.2 Å². The van der Waals surface area contributed by atoms with Gasteiger partial charge in [0, 0.05) is 11.1 Å². The quantitative estimate of drug-likeness (QED) is 0.538. The predicted octanol–water partition coefficient (Wildman–Crippen LogP) is 4.69. The molecule has 174 valence electrons.